The molecular formula is C16H20N4O2S. The summed E-state index contributed by atoms with van der Waals surface area (Å²) < 4.78 is 5.35. The van der Waals surface area contributed by atoms with Crippen LogP contribution >= 0.6 is 11.3 Å². The quantitative estimate of drug-likeness (QED) is 0.909. The lowest BCUT2D eigenvalue weighted by Crippen LogP contribution is -2.36. The van der Waals surface area contributed by atoms with Crippen LogP contribution in [0.15, 0.2) is 24.5 Å². The lowest BCUT2D eigenvalue weighted by atomic mass is 10.3. The molecule has 0 atom stereocenters. The smallest absolute Gasteiger partial charge is 0.263 e. The molecule has 1 fully saturated rings. The van der Waals surface area contributed by atoms with Crippen molar-refractivity contribution in [2.75, 3.05) is 37.7 Å². The first-order chi connectivity index (χ1) is 11.3. The highest BCUT2D eigenvalue weighted by Crippen LogP contribution is 2.26. The summed E-state index contributed by atoms with van der Waals surface area (Å²) in [6.45, 7) is 5.93. The molecule has 1 aliphatic heterocycles. The molecule has 0 aromatic carbocycles. The third-order valence-electron chi connectivity index (χ3n) is 3.59. The zero-order chi connectivity index (χ0) is 16.1. The number of nitrogens with zero attached hydrogens (tertiary/aromatic N) is 3. The van der Waals surface area contributed by atoms with Crippen molar-refractivity contribution in [1.29, 1.82) is 0 Å². The van der Waals surface area contributed by atoms with Gasteiger partial charge in [0.2, 0.25) is 0 Å². The molecule has 0 spiro atoms. The number of hydrogen-bond acceptors (Lipinski definition) is 6. The summed E-state index contributed by atoms with van der Waals surface area (Å²) in [7, 11) is 0. The molecule has 7 heteroatoms. The van der Waals surface area contributed by atoms with Gasteiger partial charge < -0.3 is 15.0 Å². The monoisotopic (exact) mass is 332 g/mol. The number of rotatable bonds is 5. The van der Waals surface area contributed by atoms with E-state index in [1.807, 2.05) is 25.3 Å². The Morgan fingerprint density at radius 3 is 2.83 bits per heavy atom. The average Bonchev–Trinajstić information content (AvgIpc) is 3.11. The maximum atomic E-state index is 11.9. The standard InChI is InChI=1S/C16H20N4O2S/c1-2-5-17-15(21)13-11-19-16(23-13)12-3-4-14(18-10-12)20-6-8-22-9-7-20/h3-4,10-11H,2,5-9H2,1H3,(H,17,21). The molecule has 3 rings (SSSR count). The van der Waals surface area contributed by atoms with Crippen LogP contribution in [0.25, 0.3) is 10.6 Å². The first kappa shape index (κ1) is 15.9. The van der Waals surface area contributed by atoms with Gasteiger partial charge in [0.1, 0.15) is 15.7 Å². The van der Waals surface area contributed by atoms with E-state index in [1.54, 1.807) is 6.20 Å². The number of carbonyl (C=O) groups is 1. The number of ether oxygens (including phenoxy) is 1. The largest absolute Gasteiger partial charge is 0.378 e. The molecule has 3 heterocycles. The third kappa shape index (κ3) is 3.86. The first-order valence-electron chi connectivity index (χ1n) is 7.81. The van der Waals surface area contributed by atoms with Crippen molar-refractivity contribution < 1.29 is 9.53 Å². The molecule has 1 N–H and O–H groups in total. The summed E-state index contributed by atoms with van der Waals surface area (Å²) in [5.74, 6) is 0.892. The van der Waals surface area contributed by atoms with Crippen molar-refractivity contribution in [1.82, 2.24) is 15.3 Å². The van der Waals surface area contributed by atoms with Gasteiger partial charge in [-0.3, -0.25) is 4.79 Å². The molecule has 1 aliphatic rings. The van der Waals surface area contributed by atoms with Gasteiger partial charge in [0.15, 0.2) is 0 Å². The van der Waals surface area contributed by atoms with Gasteiger partial charge in [-0.05, 0) is 18.6 Å². The number of anilines is 1. The summed E-state index contributed by atoms with van der Waals surface area (Å²) in [5, 5.41) is 3.68. The second-order valence-corrected chi connectivity index (χ2v) is 6.32. The molecular weight excluding hydrogens is 312 g/mol. The average molecular weight is 332 g/mol. The van der Waals surface area contributed by atoms with Crippen molar-refractivity contribution in [3.8, 4) is 10.6 Å². The van der Waals surface area contributed by atoms with E-state index in [0.29, 0.717) is 11.4 Å². The van der Waals surface area contributed by atoms with Crippen molar-refractivity contribution >= 4 is 23.1 Å². The minimum absolute atomic E-state index is 0.0616. The second-order valence-electron chi connectivity index (χ2n) is 5.29. The van der Waals surface area contributed by atoms with Gasteiger partial charge in [-0.1, -0.05) is 6.92 Å². The van der Waals surface area contributed by atoms with E-state index in [1.165, 1.54) is 11.3 Å². The molecule has 1 amide bonds. The molecule has 0 radical (unpaired) electrons. The third-order valence-corrected chi connectivity index (χ3v) is 4.64. The van der Waals surface area contributed by atoms with Crippen molar-refractivity contribution in [3.63, 3.8) is 0 Å². The van der Waals surface area contributed by atoms with Crippen molar-refractivity contribution in [2.24, 2.45) is 0 Å². The molecule has 0 bridgehead atoms. The van der Waals surface area contributed by atoms with Gasteiger partial charge in [0.25, 0.3) is 5.91 Å². The van der Waals surface area contributed by atoms with Gasteiger partial charge in [-0.15, -0.1) is 11.3 Å². The second kappa shape index (κ2) is 7.52. The summed E-state index contributed by atoms with van der Waals surface area (Å²) in [5.41, 5.74) is 0.932. The van der Waals surface area contributed by atoms with Crippen molar-refractivity contribution in [3.05, 3.63) is 29.4 Å². The SMILES string of the molecule is CCCNC(=O)c1cnc(-c2ccc(N3CCOCC3)nc2)s1. The summed E-state index contributed by atoms with van der Waals surface area (Å²) >= 11 is 1.39. The Hall–Kier alpha value is -1.99. The predicted octanol–water partition coefficient (Wildman–Crippen LogP) is 2.18. The Morgan fingerprint density at radius 1 is 1.30 bits per heavy atom. The van der Waals surface area contributed by atoms with E-state index in [2.05, 4.69) is 20.2 Å². The molecule has 6 nitrogen and oxygen atoms in total. The van der Waals surface area contributed by atoms with Crippen LogP contribution in [0.3, 0.4) is 0 Å². The van der Waals surface area contributed by atoms with Gasteiger partial charge in [0.05, 0.1) is 19.4 Å². The highest BCUT2D eigenvalue weighted by Gasteiger charge is 2.14. The van der Waals surface area contributed by atoms with Crippen LogP contribution in [0.1, 0.15) is 23.0 Å². The van der Waals surface area contributed by atoms with Gasteiger partial charge >= 0.3 is 0 Å². The number of carbonyl (C=O) groups excluding carboxylic acids is 1. The highest BCUT2D eigenvalue weighted by molar-refractivity contribution is 7.16. The van der Waals surface area contributed by atoms with E-state index in [4.69, 9.17) is 4.74 Å². The zero-order valence-corrected chi connectivity index (χ0v) is 13.9. The Labute approximate surface area is 139 Å². The summed E-state index contributed by atoms with van der Waals surface area (Å²) in [4.78, 5) is 23.6. The summed E-state index contributed by atoms with van der Waals surface area (Å²) in [6, 6.07) is 4.00. The van der Waals surface area contributed by atoms with Crippen LogP contribution in [0.5, 0.6) is 0 Å². The number of aromatic nitrogens is 2. The number of hydrogen-bond donors (Lipinski definition) is 1. The van der Waals surface area contributed by atoms with E-state index in [0.717, 1.165) is 49.1 Å². The molecule has 2 aromatic heterocycles. The minimum Gasteiger partial charge on any atom is -0.378 e. The van der Waals surface area contributed by atoms with Gasteiger partial charge in [0, 0.05) is 31.4 Å². The van der Waals surface area contributed by atoms with Gasteiger partial charge in [-0.25, -0.2) is 9.97 Å². The Kier molecular flexibility index (Phi) is 5.19. The fraction of sp³-hybridized carbons (Fsp3) is 0.438. The lowest BCUT2D eigenvalue weighted by molar-refractivity contribution is 0.0957. The topological polar surface area (TPSA) is 67.4 Å². The predicted molar refractivity (Wildman–Crippen MR) is 91.0 cm³/mol. The first-order valence-corrected chi connectivity index (χ1v) is 8.62. The van der Waals surface area contributed by atoms with Crippen LogP contribution in [0, 0.1) is 0 Å². The maximum absolute atomic E-state index is 11.9. The summed E-state index contributed by atoms with van der Waals surface area (Å²) in [6.07, 6.45) is 4.36. The number of thiazole rings is 1. The van der Waals surface area contributed by atoms with E-state index >= 15 is 0 Å². The number of pyridine rings is 1. The molecule has 0 unspecified atom stereocenters. The number of amides is 1. The molecule has 0 aliphatic carbocycles. The van der Waals surface area contributed by atoms with Gasteiger partial charge in [-0.2, -0.15) is 0 Å². The van der Waals surface area contributed by atoms with Crippen LogP contribution < -0.4 is 10.2 Å². The van der Waals surface area contributed by atoms with E-state index in [9.17, 15) is 4.79 Å². The highest BCUT2D eigenvalue weighted by atomic mass is 32.1. The number of nitrogens with one attached hydrogen (secondary N) is 1. The van der Waals surface area contributed by atoms with Crippen LogP contribution in [0.4, 0.5) is 5.82 Å². The number of morpholine rings is 1. The Balaban J connectivity index is 1.69. The molecule has 23 heavy (non-hydrogen) atoms. The van der Waals surface area contributed by atoms with Crippen molar-refractivity contribution in [2.45, 2.75) is 13.3 Å². The molecule has 122 valence electrons. The minimum atomic E-state index is -0.0616. The van der Waals surface area contributed by atoms with Crippen LogP contribution in [0.2, 0.25) is 0 Å². The van der Waals surface area contributed by atoms with Crippen LogP contribution in [-0.2, 0) is 4.74 Å². The lowest BCUT2D eigenvalue weighted by Gasteiger charge is -2.27. The molecule has 2 aromatic rings. The normalized spacial score (nSPS) is 14.7. The Bertz CT molecular complexity index is 650. The zero-order valence-electron chi connectivity index (χ0n) is 13.1. The van der Waals surface area contributed by atoms with E-state index in [-0.39, 0.29) is 5.91 Å². The fourth-order valence-electron chi connectivity index (χ4n) is 2.33. The fourth-order valence-corrected chi connectivity index (χ4v) is 3.15. The molecule has 1 saturated heterocycles. The Morgan fingerprint density at radius 2 is 2.13 bits per heavy atom. The molecule has 0 saturated carbocycles. The maximum Gasteiger partial charge on any atom is 0.263 e. The van der Waals surface area contributed by atoms with E-state index < -0.39 is 0 Å². The van der Waals surface area contributed by atoms with Crippen LogP contribution in [-0.4, -0.2) is 48.7 Å².